The number of halogens is 1. The number of likely N-dealkylation sites (N-methyl/N-ethyl adjacent to an activating group) is 1. The number of aromatic nitrogens is 5. The number of carbonyl (C=O) groups is 1. The van der Waals surface area contributed by atoms with Crippen LogP contribution in [0.1, 0.15) is 46.0 Å². The predicted molar refractivity (Wildman–Crippen MR) is 137 cm³/mol. The Morgan fingerprint density at radius 2 is 2.06 bits per heavy atom. The highest BCUT2D eigenvalue weighted by molar-refractivity contribution is 5.96. The number of pyridine rings is 1. The van der Waals surface area contributed by atoms with Crippen LogP contribution < -0.4 is 15.5 Å². The summed E-state index contributed by atoms with van der Waals surface area (Å²) < 4.78 is 16.4. The summed E-state index contributed by atoms with van der Waals surface area (Å²) in [4.78, 5) is 22.1. The van der Waals surface area contributed by atoms with Gasteiger partial charge in [-0.05, 0) is 59.1 Å². The summed E-state index contributed by atoms with van der Waals surface area (Å²) in [6.45, 7) is 5.71. The molecule has 0 unspecified atom stereocenters. The van der Waals surface area contributed by atoms with Crippen LogP contribution in [0.5, 0.6) is 0 Å². The maximum absolute atomic E-state index is 14.7. The van der Waals surface area contributed by atoms with Crippen LogP contribution in [0, 0.1) is 0 Å². The predicted octanol–water partition coefficient (Wildman–Crippen LogP) is 3.53. The van der Waals surface area contributed by atoms with Crippen LogP contribution in [0.3, 0.4) is 0 Å². The third-order valence-corrected chi connectivity index (χ3v) is 7.79. The average Bonchev–Trinajstić information content (AvgIpc) is 3.26. The Morgan fingerprint density at radius 1 is 1.25 bits per heavy atom. The Bertz CT molecular complexity index is 1280. The fraction of sp³-hybridized carbons (Fsp3) is 0.600. The van der Waals surface area contributed by atoms with Crippen molar-refractivity contribution in [2.45, 2.75) is 69.7 Å². The molecule has 5 heterocycles. The van der Waals surface area contributed by atoms with E-state index < -0.39 is 5.67 Å². The fourth-order valence-electron chi connectivity index (χ4n) is 5.57. The van der Waals surface area contributed by atoms with E-state index in [1.807, 2.05) is 18.0 Å². The molecule has 11 heteroatoms. The summed E-state index contributed by atoms with van der Waals surface area (Å²) in [7, 11) is 1.95. The first-order chi connectivity index (χ1) is 17.3. The van der Waals surface area contributed by atoms with Gasteiger partial charge in [-0.3, -0.25) is 14.8 Å². The second kappa shape index (κ2) is 8.43. The van der Waals surface area contributed by atoms with Crippen molar-refractivity contribution in [1.82, 2.24) is 35.2 Å². The van der Waals surface area contributed by atoms with Crippen LogP contribution in [0.2, 0.25) is 0 Å². The van der Waals surface area contributed by atoms with E-state index in [1.54, 1.807) is 30.9 Å². The molecule has 192 valence electrons. The molecule has 0 radical (unpaired) electrons. The molecule has 3 fully saturated rings. The van der Waals surface area contributed by atoms with Gasteiger partial charge in [0, 0.05) is 37.4 Å². The highest BCUT2D eigenvalue weighted by Gasteiger charge is 2.51. The number of hydrogen-bond donors (Lipinski definition) is 3. The van der Waals surface area contributed by atoms with Crippen LogP contribution in [-0.2, 0) is 6.54 Å². The van der Waals surface area contributed by atoms with Crippen LogP contribution in [-0.4, -0.2) is 79.8 Å². The first-order valence-corrected chi connectivity index (χ1v) is 12.9. The smallest absolute Gasteiger partial charge is 0.322 e. The number of amides is 2. The lowest BCUT2D eigenvalue weighted by Crippen LogP contribution is -2.57. The van der Waals surface area contributed by atoms with E-state index in [4.69, 9.17) is 10.1 Å². The first-order valence-electron chi connectivity index (χ1n) is 12.9. The molecule has 2 amide bonds. The highest BCUT2D eigenvalue weighted by Crippen LogP contribution is 2.48. The molecule has 2 aliphatic heterocycles. The van der Waals surface area contributed by atoms with E-state index >= 15 is 0 Å². The molecule has 3 aromatic heterocycles. The van der Waals surface area contributed by atoms with Crippen molar-refractivity contribution in [1.29, 1.82) is 0 Å². The van der Waals surface area contributed by atoms with Crippen LogP contribution in [0.25, 0.3) is 22.3 Å². The summed E-state index contributed by atoms with van der Waals surface area (Å²) in [5.74, 6) is 0.817. The third kappa shape index (κ3) is 4.08. The van der Waals surface area contributed by atoms with Crippen LogP contribution in [0.15, 0.2) is 18.5 Å². The van der Waals surface area contributed by atoms with Crippen molar-refractivity contribution in [3.8, 4) is 11.4 Å². The number of nitrogens with zero attached hydrogens (tertiary/aromatic N) is 6. The number of urea groups is 1. The van der Waals surface area contributed by atoms with Gasteiger partial charge in [-0.1, -0.05) is 0 Å². The average molecular weight is 496 g/mol. The molecule has 36 heavy (non-hydrogen) atoms. The summed E-state index contributed by atoms with van der Waals surface area (Å²) in [5.41, 5.74) is 1.26. The van der Waals surface area contributed by atoms with Gasteiger partial charge >= 0.3 is 6.03 Å². The zero-order valence-electron chi connectivity index (χ0n) is 21.1. The minimum Gasteiger partial charge on any atom is -0.351 e. The van der Waals surface area contributed by atoms with Crippen molar-refractivity contribution in [2.75, 3.05) is 36.9 Å². The summed E-state index contributed by atoms with van der Waals surface area (Å²) in [6, 6.07) is 2.24. The Morgan fingerprint density at radius 3 is 2.78 bits per heavy atom. The Balaban J connectivity index is 1.31. The molecular formula is C25H34FN9O. The first kappa shape index (κ1) is 23.2. The SMILES string of the molecule is CNC1CN(c2nn(CC(C)(C)F)c3cc(-c4[nH]ncc4NC(=O)N4CCCCC45CC5)ncc23)C1. The molecule has 3 N–H and O–H groups in total. The molecule has 1 spiro atoms. The quantitative estimate of drug-likeness (QED) is 0.483. The van der Waals surface area contributed by atoms with Gasteiger partial charge in [0.25, 0.3) is 0 Å². The molecular weight excluding hydrogens is 461 g/mol. The lowest BCUT2D eigenvalue weighted by molar-refractivity contribution is 0.151. The van der Waals surface area contributed by atoms with Crippen molar-refractivity contribution in [3.63, 3.8) is 0 Å². The fourth-order valence-corrected chi connectivity index (χ4v) is 5.57. The zero-order valence-corrected chi connectivity index (χ0v) is 21.1. The monoisotopic (exact) mass is 495 g/mol. The van der Waals surface area contributed by atoms with Gasteiger partial charge < -0.3 is 20.4 Å². The maximum Gasteiger partial charge on any atom is 0.322 e. The molecule has 1 saturated carbocycles. The van der Waals surface area contributed by atoms with Gasteiger partial charge in [0.2, 0.25) is 0 Å². The third-order valence-electron chi connectivity index (χ3n) is 7.79. The van der Waals surface area contributed by atoms with Gasteiger partial charge in [-0.15, -0.1) is 0 Å². The Labute approximate surface area is 209 Å². The number of carbonyl (C=O) groups excluding carboxylic acids is 1. The summed E-state index contributed by atoms with van der Waals surface area (Å²) in [5, 5.41) is 19.2. The summed E-state index contributed by atoms with van der Waals surface area (Å²) >= 11 is 0. The molecule has 0 aromatic carbocycles. The van der Waals surface area contributed by atoms with Crippen molar-refractivity contribution < 1.29 is 9.18 Å². The van der Waals surface area contributed by atoms with Crippen molar-refractivity contribution in [3.05, 3.63) is 18.5 Å². The number of fused-ring (bicyclic) bond motifs is 1. The molecule has 3 aromatic rings. The van der Waals surface area contributed by atoms with Gasteiger partial charge in [0.1, 0.15) is 11.4 Å². The second-order valence-electron chi connectivity index (χ2n) is 11.1. The minimum absolute atomic E-state index is 0.0502. The van der Waals surface area contributed by atoms with Crippen molar-refractivity contribution >= 4 is 28.4 Å². The van der Waals surface area contributed by atoms with E-state index in [0.717, 1.165) is 62.0 Å². The largest absolute Gasteiger partial charge is 0.351 e. The molecule has 6 rings (SSSR count). The Kier molecular flexibility index (Phi) is 5.43. The van der Waals surface area contributed by atoms with Gasteiger partial charge in [-0.25, -0.2) is 9.18 Å². The van der Waals surface area contributed by atoms with Gasteiger partial charge in [0.15, 0.2) is 5.82 Å². The molecule has 10 nitrogen and oxygen atoms in total. The number of piperidine rings is 1. The van der Waals surface area contributed by atoms with Crippen molar-refractivity contribution in [2.24, 2.45) is 0 Å². The van der Waals surface area contributed by atoms with E-state index in [2.05, 4.69) is 25.7 Å². The van der Waals surface area contributed by atoms with Crippen LogP contribution in [0.4, 0.5) is 20.7 Å². The number of likely N-dealkylation sites (tertiary alicyclic amines) is 1. The van der Waals surface area contributed by atoms with Gasteiger partial charge in [-0.2, -0.15) is 10.2 Å². The van der Waals surface area contributed by atoms with E-state index in [9.17, 15) is 9.18 Å². The maximum atomic E-state index is 14.7. The number of aromatic amines is 1. The topological polar surface area (TPSA) is 107 Å². The van der Waals surface area contributed by atoms with E-state index in [-0.39, 0.29) is 18.1 Å². The number of alkyl halides is 1. The normalized spacial score (nSPS) is 19.7. The zero-order chi connectivity index (χ0) is 25.1. The number of anilines is 2. The molecule has 0 atom stereocenters. The molecule has 2 saturated heterocycles. The van der Waals surface area contributed by atoms with Gasteiger partial charge in [0.05, 0.1) is 35.0 Å². The number of nitrogens with one attached hydrogen (secondary N) is 3. The lowest BCUT2D eigenvalue weighted by atomic mass is 10.0. The molecule has 3 aliphatic rings. The Hall–Kier alpha value is -3.21. The second-order valence-corrected chi connectivity index (χ2v) is 11.1. The number of hydrogen-bond acceptors (Lipinski definition) is 6. The highest BCUT2D eigenvalue weighted by atomic mass is 19.1. The van der Waals surface area contributed by atoms with E-state index in [1.165, 1.54) is 6.42 Å². The minimum atomic E-state index is -1.43. The standard InChI is InChI=1S/C25H34FN9O/c1-24(2,26)15-35-20-10-18(28-11-17(20)22(32-35)33-13-16(14-33)27-3)21-19(12-29-31-21)30-23(36)34-9-5-4-6-25(34)7-8-25/h10-12,16,27H,4-9,13-15H2,1-3H3,(H,29,31)(H,30,36). The van der Waals surface area contributed by atoms with Crippen LogP contribution >= 0.6 is 0 Å². The molecule has 1 aliphatic carbocycles. The lowest BCUT2D eigenvalue weighted by Gasteiger charge is -2.39. The summed E-state index contributed by atoms with van der Waals surface area (Å²) in [6.07, 6.45) is 8.88. The number of rotatable bonds is 6. The number of H-pyrrole nitrogens is 1. The van der Waals surface area contributed by atoms with E-state index in [0.29, 0.717) is 23.1 Å². The molecule has 0 bridgehead atoms.